The first-order valence-electron chi connectivity index (χ1n) is 8.84. The molecule has 1 saturated heterocycles. The van der Waals surface area contributed by atoms with E-state index in [1.54, 1.807) is 6.07 Å². The van der Waals surface area contributed by atoms with E-state index in [2.05, 4.69) is 10.6 Å². The van der Waals surface area contributed by atoms with Crippen molar-refractivity contribution in [3.8, 4) is 5.75 Å². The molecule has 2 aromatic carbocycles. The van der Waals surface area contributed by atoms with Gasteiger partial charge in [0.25, 0.3) is 0 Å². The van der Waals surface area contributed by atoms with Crippen molar-refractivity contribution in [2.75, 3.05) is 13.1 Å². The minimum Gasteiger partial charge on any atom is -0.505 e. The van der Waals surface area contributed by atoms with Gasteiger partial charge in [0.1, 0.15) is 0 Å². The van der Waals surface area contributed by atoms with Gasteiger partial charge in [0.2, 0.25) is 5.91 Å². The number of phenols is 1. The summed E-state index contributed by atoms with van der Waals surface area (Å²) in [7, 11) is 0. The van der Waals surface area contributed by atoms with Crippen molar-refractivity contribution in [2.24, 2.45) is 5.92 Å². The number of phenolic OH excluding ortho intramolecular Hbond substituents is 1. The lowest BCUT2D eigenvalue weighted by atomic mass is 9.92. The highest BCUT2D eigenvalue weighted by molar-refractivity contribution is 6.42. The highest BCUT2D eigenvalue weighted by Gasteiger charge is 2.27. The Bertz CT molecular complexity index is 826. The minimum absolute atomic E-state index is 0.0388. The van der Waals surface area contributed by atoms with Crippen LogP contribution in [0, 0.1) is 11.7 Å². The Labute approximate surface area is 167 Å². The fourth-order valence-corrected chi connectivity index (χ4v) is 3.80. The van der Waals surface area contributed by atoms with Gasteiger partial charge in [-0.15, -0.1) is 0 Å². The number of nitrogens with one attached hydrogen (secondary N) is 2. The van der Waals surface area contributed by atoms with E-state index in [9.17, 15) is 14.3 Å². The molecule has 0 aromatic heterocycles. The summed E-state index contributed by atoms with van der Waals surface area (Å²) >= 11 is 12.4. The second-order valence-electron chi connectivity index (χ2n) is 6.81. The van der Waals surface area contributed by atoms with Gasteiger partial charge in [-0.1, -0.05) is 41.4 Å². The maximum atomic E-state index is 13.5. The zero-order valence-electron chi connectivity index (χ0n) is 14.6. The number of halogens is 3. The number of amides is 1. The molecule has 1 aliphatic heterocycles. The standard InChI is InChI=1S/C20H21Cl2FN2O2/c21-15-3-1-2-13(20(15)22)10-17(14-6-7-24-11-14)25-19(27)9-12-4-5-18(26)16(23)8-12/h1-5,8,14,17,24,26H,6-7,9-11H2,(H,25,27)/t14-,17?/m0/s1. The molecule has 1 aliphatic rings. The van der Waals surface area contributed by atoms with E-state index < -0.39 is 11.6 Å². The minimum atomic E-state index is -0.734. The van der Waals surface area contributed by atoms with Crippen molar-refractivity contribution >= 4 is 29.1 Å². The quantitative estimate of drug-likeness (QED) is 0.679. The highest BCUT2D eigenvalue weighted by Crippen LogP contribution is 2.28. The molecule has 27 heavy (non-hydrogen) atoms. The smallest absolute Gasteiger partial charge is 0.224 e. The first kappa shape index (κ1) is 19.9. The van der Waals surface area contributed by atoms with Crippen molar-refractivity contribution in [2.45, 2.75) is 25.3 Å². The number of rotatable bonds is 6. The van der Waals surface area contributed by atoms with Crippen LogP contribution in [0.15, 0.2) is 36.4 Å². The largest absolute Gasteiger partial charge is 0.505 e. The Morgan fingerprint density at radius 1 is 1.33 bits per heavy atom. The van der Waals surface area contributed by atoms with E-state index in [4.69, 9.17) is 23.2 Å². The molecule has 2 atom stereocenters. The van der Waals surface area contributed by atoms with Crippen LogP contribution in [-0.2, 0) is 17.6 Å². The topological polar surface area (TPSA) is 61.4 Å². The first-order chi connectivity index (χ1) is 12.9. The van der Waals surface area contributed by atoms with Gasteiger partial charge >= 0.3 is 0 Å². The van der Waals surface area contributed by atoms with Crippen LogP contribution in [0.25, 0.3) is 0 Å². The molecule has 1 amide bonds. The summed E-state index contributed by atoms with van der Waals surface area (Å²) in [6.07, 6.45) is 1.56. The van der Waals surface area contributed by atoms with Gasteiger partial charge in [-0.3, -0.25) is 4.79 Å². The van der Waals surface area contributed by atoms with E-state index in [1.165, 1.54) is 18.2 Å². The van der Waals surface area contributed by atoms with Gasteiger partial charge in [0.15, 0.2) is 11.6 Å². The number of carbonyl (C=O) groups excluding carboxylic acids is 1. The van der Waals surface area contributed by atoms with Crippen molar-refractivity contribution < 1.29 is 14.3 Å². The van der Waals surface area contributed by atoms with E-state index in [0.29, 0.717) is 22.0 Å². The number of aromatic hydroxyl groups is 1. The second-order valence-corrected chi connectivity index (χ2v) is 7.59. The summed E-state index contributed by atoms with van der Waals surface area (Å²) < 4.78 is 13.5. The van der Waals surface area contributed by atoms with Crippen molar-refractivity contribution in [1.82, 2.24) is 10.6 Å². The molecular weight excluding hydrogens is 390 g/mol. The molecule has 4 nitrogen and oxygen atoms in total. The summed E-state index contributed by atoms with van der Waals surface area (Å²) in [5.74, 6) is -1.08. The third-order valence-electron chi connectivity index (χ3n) is 4.86. The van der Waals surface area contributed by atoms with Crippen LogP contribution in [0.1, 0.15) is 17.5 Å². The lowest BCUT2D eigenvalue weighted by Crippen LogP contribution is -2.43. The molecule has 2 aromatic rings. The summed E-state index contributed by atoms with van der Waals surface area (Å²) in [5, 5.41) is 16.7. The first-order valence-corrected chi connectivity index (χ1v) is 9.60. The van der Waals surface area contributed by atoms with Crippen LogP contribution in [0.2, 0.25) is 10.0 Å². The normalized spacial score (nSPS) is 17.7. The Morgan fingerprint density at radius 2 is 2.15 bits per heavy atom. The van der Waals surface area contributed by atoms with Crippen LogP contribution >= 0.6 is 23.2 Å². The van der Waals surface area contributed by atoms with E-state index in [-0.39, 0.29) is 24.3 Å². The van der Waals surface area contributed by atoms with Crippen LogP contribution < -0.4 is 10.6 Å². The average Bonchev–Trinajstić information content (AvgIpc) is 3.16. The van der Waals surface area contributed by atoms with Crippen molar-refractivity contribution in [3.63, 3.8) is 0 Å². The van der Waals surface area contributed by atoms with Crippen molar-refractivity contribution in [1.29, 1.82) is 0 Å². The molecule has 1 heterocycles. The molecule has 1 fully saturated rings. The Kier molecular flexibility index (Phi) is 6.58. The Balaban J connectivity index is 1.72. The van der Waals surface area contributed by atoms with Gasteiger partial charge in [0, 0.05) is 6.04 Å². The van der Waals surface area contributed by atoms with Gasteiger partial charge in [-0.2, -0.15) is 0 Å². The predicted molar refractivity (Wildman–Crippen MR) is 105 cm³/mol. The van der Waals surface area contributed by atoms with Gasteiger partial charge in [-0.25, -0.2) is 4.39 Å². The molecule has 7 heteroatoms. The number of hydrogen-bond donors (Lipinski definition) is 3. The summed E-state index contributed by atoms with van der Waals surface area (Å²) in [6.45, 7) is 1.72. The second kappa shape index (κ2) is 8.91. The summed E-state index contributed by atoms with van der Waals surface area (Å²) in [6, 6.07) is 9.34. The fraction of sp³-hybridized carbons (Fsp3) is 0.350. The third kappa shape index (κ3) is 5.12. The molecule has 144 valence electrons. The van der Waals surface area contributed by atoms with Gasteiger partial charge in [0.05, 0.1) is 16.5 Å². The average molecular weight is 411 g/mol. The molecule has 0 spiro atoms. The Morgan fingerprint density at radius 3 is 2.85 bits per heavy atom. The molecule has 0 bridgehead atoms. The van der Waals surface area contributed by atoms with E-state index in [1.807, 2.05) is 12.1 Å². The van der Waals surface area contributed by atoms with Crippen LogP contribution in [0.4, 0.5) is 4.39 Å². The maximum absolute atomic E-state index is 13.5. The number of carbonyl (C=O) groups is 1. The number of hydrogen-bond acceptors (Lipinski definition) is 3. The van der Waals surface area contributed by atoms with Crippen LogP contribution in [0.3, 0.4) is 0 Å². The zero-order valence-corrected chi connectivity index (χ0v) is 16.2. The van der Waals surface area contributed by atoms with E-state index >= 15 is 0 Å². The summed E-state index contributed by atoms with van der Waals surface area (Å²) in [4.78, 5) is 12.5. The molecule has 1 unspecified atom stereocenters. The molecule has 0 saturated carbocycles. The lowest BCUT2D eigenvalue weighted by Gasteiger charge is -2.25. The maximum Gasteiger partial charge on any atom is 0.224 e. The monoisotopic (exact) mass is 410 g/mol. The van der Waals surface area contributed by atoms with Gasteiger partial charge < -0.3 is 15.7 Å². The molecule has 3 N–H and O–H groups in total. The number of benzene rings is 2. The van der Waals surface area contributed by atoms with Crippen LogP contribution in [0.5, 0.6) is 5.75 Å². The van der Waals surface area contributed by atoms with Crippen molar-refractivity contribution in [3.05, 3.63) is 63.4 Å². The predicted octanol–water partition coefficient (Wildman–Crippen LogP) is 3.72. The summed E-state index contributed by atoms with van der Waals surface area (Å²) in [5.41, 5.74) is 1.39. The molecule has 0 aliphatic carbocycles. The lowest BCUT2D eigenvalue weighted by molar-refractivity contribution is -0.121. The van der Waals surface area contributed by atoms with Gasteiger partial charge in [-0.05, 0) is 61.2 Å². The Hall–Kier alpha value is -1.82. The fourth-order valence-electron chi connectivity index (χ4n) is 3.40. The van der Waals surface area contributed by atoms with E-state index in [0.717, 1.165) is 25.1 Å². The molecular formula is C20H21Cl2FN2O2. The third-order valence-corrected chi connectivity index (χ3v) is 5.72. The SMILES string of the molecule is O=C(Cc1ccc(O)c(F)c1)NC(Cc1cccc(Cl)c1Cl)[C@H]1CCNC1. The molecule has 3 rings (SSSR count). The highest BCUT2D eigenvalue weighted by atomic mass is 35.5. The molecule has 0 radical (unpaired) electrons. The van der Waals surface area contributed by atoms with Crippen LogP contribution in [-0.4, -0.2) is 30.1 Å². The zero-order chi connectivity index (χ0) is 19.4.